The first-order chi connectivity index (χ1) is 9.07. The zero-order valence-electron chi connectivity index (χ0n) is 11.3. The highest BCUT2D eigenvalue weighted by atomic mass is 35.5. The van der Waals surface area contributed by atoms with Gasteiger partial charge in [0.25, 0.3) is 0 Å². The Hall–Kier alpha value is -0.640. The van der Waals surface area contributed by atoms with Crippen LogP contribution in [-0.2, 0) is 6.54 Å². The van der Waals surface area contributed by atoms with Gasteiger partial charge in [-0.05, 0) is 43.9 Å². The first-order valence-corrected chi connectivity index (χ1v) is 7.36. The van der Waals surface area contributed by atoms with Crippen molar-refractivity contribution in [3.8, 4) is 0 Å². The van der Waals surface area contributed by atoms with Crippen molar-refractivity contribution in [1.29, 1.82) is 0 Å². The molecule has 3 rings (SSSR count). The summed E-state index contributed by atoms with van der Waals surface area (Å²) >= 11 is 5.95. The molecule has 104 valence electrons. The smallest absolute Gasteiger partial charge is 0.127 e. The molecule has 1 N–H and O–H groups in total. The summed E-state index contributed by atoms with van der Waals surface area (Å²) in [6.07, 6.45) is 2.64. The van der Waals surface area contributed by atoms with E-state index in [9.17, 15) is 4.39 Å². The topological polar surface area (TPSA) is 15.3 Å². The van der Waals surface area contributed by atoms with Crippen molar-refractivity contribution < 1.29 is 4.39 Å². The van der Waals surface area contributed by atoms with Crippen LogP contribution >= 0.6 is 11.6 Å². The van der Waals surface area contributed by atoms with Gasteiger partial charge in [-0.25, -0.2) is 4.39 Å². The van der Waals surface area contributed by atoms with Crippen LogP contribution in [0.2, 0.25) is 5.02 Å². The van der Waals surface area contributed by atoms with Gasteiger partial charge in [0.15, 0.2) is 0 Å². The van der Waals surface area contributed by atoms with Gasteiger partial charge in [-0.2, -0.15) is 0 Å². The summed E-state index contributed by atoms with van der Waals surface area (Å²) in [5.41, 5.74) is 0.903. The summed E-state index contributed by atoms with van der Waals surface area (Å²) in [6, 6.07) is 4.81. The molecule has 0 radical (unpaired) electrons. The molecule has 1 saturated heterocycles. The lowest BCUT2D eigenvalue weighted by Crippen LogP contribution is -2.59. The number of benzene rings is 1. The Morgan fingerprint density at radius 2 is 2.26 bits per heavy atom. The van der Waals surface area contributed by atoms with Gasteiger partial charge in [-0.3, -0.25) is 4.90 Å². The highest BCUT2D eigenvalue weighted by Gasteiger charge is 2.43. The standard InChI is InChI=1S/C15H20ClFN2/c1-15(12-2-3-12)10-19(7-6-18-15)9-11-8-13(16)4-5-14(11)17/h4-5,8,12,18H,2-3,6-7,9-10H2,1H3. The second kappa shape index (κ2) is 5.04. The van der Waals surface area contributed by atoms with Gasteiger partial charge in [0, 0.05) is 42.3 Å². The Balaban J connectivity index is 1.70. The van der Waals surface area contributed by atoms with Crippen molar-refractivity contribution in [2.75, 3.05) is 19.6 Å². The molecule has 1 unspecified atom stereocenters. The van der Waals surface area contributed by atoms with Gasteiger partial charge in [0.05, 0.1) is 0 Å². The summed E-state index contributed by atoms with van der Waals surface area (Å²) in [4.78, 5) is 2.34. The summed E-state index contributed by atoms with van der Waals surface area (Å²) in [5, 5.41) is 4.25. The van der Waals surface area contributed by atoms with Gasteiger partial charge >= 0.3 is 0 Å². The lowest BCUT2D eigenvalue weighted by molar-refractivity contribution is 0.120. The number of hydrogen-bond donors (Lipinski definition) is 1. The van der Waals surface area contributed by atoms with Gasteiger partial charge in [-0.15, -0.1) is 0 Å². The highest BCUT2D eigenvalue weighted by molar-refractivity contribution is 6.30. The zero-order valence-corrected chi connectivity index (χ0v) is 12.0. The predicted molar refractivity (Wildman–Crippen MR) is 75.8 cm³/mol. The third-order valence-corrected chi connectivity index (χ3v) is 4.62. The molecular weight excluding hydrogens is 263 g/mol. The first kappa shape index (κ1) is 13.3. The average molecular weight is 283 g/mol. The molecule has 0 bridgehead atoms. The largest absolute Gasteiger partial charge is 0.309 e. The van der Waals surface area contributed by atoms with E-state index in [1.807, 2.05) is 0 Å². The number of rotatable bonds is 3. The maximum Gasteiger partial charge on any atom is 0.127 e. The fourth-order valence-corrected chi connectivity index (χ4v) is 3.33. The Kier molecular flexibility index (Phi) is 3.54. The van der Waals surface area contributed by atoms with E-state index in [2.05, 4.69) is 17.1 Å². The van der Waals surface area contributed by atoms with Crippen molar-refractivity contribution in [2.45, 2.75) is 31.8 Å². The van der Waals surface area contributed by atoms with Crippen LogP contribution in [0.3, 0.4) is 0 Å². The van der Waals surface area contributed by atoms with Crippen molar-refractivity contribution in [3.05, 3.63) is 34.6 Å². The molecule has 1 aliphatic carbocycles. The Bertz CT molecular complexity index is 475. The lowest BCUT2D eigenvalue weighted by atomic mass is 9.92. The Morgan fingerprint density at radius 1 is 1.47 bits per heavy atom. The molecule has 2 aliphatic rings. The Labute approximate surface area is 118 Å². The fourth-order valence-electron chi connectivity index (χ4n) is 3.13. The van der Waals surface area contributed by atoms with Gasteiger partial charge < -0.3 is 5.32 Å². The number of halogens is 2. The SMILES string of the molecule is CC1(C2CC2)CN(Cc2cc(Cl)ccc2F)CCN1. The number of nitrogens with one attached hydrogen (secondary N) is 1. The maximum atomic E-state index is 13.8. The quantitative estimate of drug-likeness (QED) is 0.917. The van der Waals surface area contributed by atoms with E-state index < -0.39 is 0 Å². The number of nitrogens with zero attached hydrogens (tertiary/aromatic N) is 1. The molecular formula is C15H20ClFN2. The minimum absolute atomic E-state index is 0.156. The fraction of sp³-hybridized carbons (Fsp3) is 0.600. The van der Waals surface area contributed by atoms with Crippen molar-refractivity contribution >= 4 is 11.6 Å². The molecule has 0 amide bonds. The molecule has 1 aromatic rings. The van der Waals surface area contributed by atoms with Crippen LogP contribution < -0.4 is 5.32 Å². The van der Waals surface area contributed by atoms with Crippen LogP contribution in [0.15, 0.2) is 18.2 Å². The van der Waals surface area contributed by atoms with Crippen LogP contribution in [0.5, 0.6) is 0 Å². The van der Waals surface area contributed by atoms with Crippen LogP contribution in [0.1, 0.15) is 25.3 Å². The zero-order chi connectivity index (χ0) is 13.5. The van der Waals surface area contributed by atoms with Gasteiger partial charge in [0.2, 0.25) is 0 Å². The second-order valence-corrected chi connectivity index (χ2v) is 6.50. The second-order valence-electron chi connectivity index (χ2n) is 6.06. The molecule has 0 spiro atoms. The maximum absolute atomic E-state index is 13.8. The predicted octanol–water partition coefficient (Wildman–Crippen LogP) is 3.05. The molecule has 1 atom stereocenters. The molecule has 4 heteroatoms. The normalized spacial score (nSPS) is 28.6. The summed E-state index contributed by atoms with van der Waals surface area (Å²) in [6.45, 7) is 5.88. The molecule has 2 fully saturated rings. The van der Waals surface area contributed by atoms with Gasteiger partial charge in [0.1, 0.15) is 5.82 Å². The Morgan fingerprint density at radius 3 is 3.00 bits per heavy atom. The molecule has 1 heterocycles. The van der Waals surface area contributed by atoms with Crippen LogP contribution in [-0.4, -0.2) is 30.1 Å². The third kappa shape index (κ3) is 2.93. The number of piperazine rings is 1. The molecule has 1 saturated carbocycles. The monoisotopic (exact) mass is 282 g/mol. The molecule has 0 aromatic heterocycles. The van der Waals surface area contributed by atoms with E-state index in [1.165, 1.54) is 18.9 Å². The lowest BCUT2D eigenvalue weighted by Gasteiger charge is -2.42. The minimum atomic E-state index is -0.156. The minimum Gasteiger partial charge on any atom is -0.309 e. The first-order valence-electron chi connectivity index (χ1n) is 6.98. The van der Waals surface area contributed by atoms with Crippen molar-refractivity contribution in [3.63, 3.8) is 0 Å². The summed E-state index contributed by atoms with van der Waals surface area (Å²) in [7, 11) is 0. The van der Waals surface area contributed by atoms with E-state index in [-0.39, 0.29) is 11.4 Å². The molecule has 1 aliphatic heterocycles. The van der Waals surface area contributed by atoms with E-state index in [4.69, 9.17) is 11.6 Å². The molecule has 2 nitrogen and oxygen atoms in total. The van der Waals surface area contributed by atoms with Crippen LogP contribution in [0.25, 0.3) is 0 Å². The van der Waals surface area contributed by atoms with Crippen molar-refractivity contribution in [2.24, 2.45) is 5.92 Å². The highest BCUT2D eigenvalue weighted by Crippen LogP contribution is 2.40. The summed E-state index contributed by atoms with van der Waals surface area (Å²) < 4.78 is 13.8. The number of hydrogen-bond acceptors (Lipinski definition) is 2. The van der Waals surface area contributed by atoms with Crippen LogP contribution in [0, 0.1) is 11.7 Å². The van der Waals surface area contributed by atoms with E-state index in [0.717, 1.165) is 25.6 Å². The van der Waals surface area contributed by atoms with Crippen molar-refractivity contribution in [1.82, 2.24) is 10.2 Å². The molecule has 1 aromatic carbocycles. The van der Waals surface area contributed by atoms with E-state index in [1.54, 1.807) is 12.1 Å². The molecule has 19 heavy (non-hydrogen) atoms. The van der Waals surface area contributed by atoms with Crippen LogP contribution in [0.4, 0.5) is 4.39 Å². The van der Waals surface area contributed by atoms with E-state index >= 15 is 0 Å². The van der Waals surface area contributed by atoms with Gasteiger partial charge in [-0.1, -0.05) is 11.6 Å². The average Bonchev–Trinajstić information content (AvgIpc) is 3.18. The van der Waals surface area contributed by atoms with E-state index in [0.29, 0.717) is 17.1 Å². The summed E-state index contributed by atoms with van der Waals surface area (Å²) in [5.74, 6) is 0.635. The third-order valence-electron chi connectivity index (χ3n) is 4.39.